The lowest BCUT2D eigenvalue weighted by Crippen LogP contribution is -2.31. The monoisotopic (exact) mass is 478 g/mol. The van der Waals surface area contributed by atoms with Gasteiger partial charge in [0, 0.05) is 37.2 Å². The van der Waals surface area contributed by atoms with E-state index in [1.165, 1.54) is 30.3 Å². The third-order valence-electron chi connectivity index (χ3n) is 5.88. The molecule has 10 heteroatoms. The fraction of sp³-hybridized carbons (Fsp3) is 0.364. The first-order chi connectivity index (χ1) is 15.2. The molecular formula is C22H26N2O6S2. The van der Waals surface area contributed by atoms with Crippen LogP contribution in [0.2, 0.25) is 0 Å². The number of likely N-dealkylation sites (tertiary alicyclic amines) is 1. The molecule has 0 aliphatic carbocycles. The van der Waals surface area contributed by atoms with Crippen LogP contribution in [0.15, 0.2) is 58.3 Å². The summed E-state index contributed by atoms with van der Waals surface area (Å²) in [6, 6.07) is 12.3. The summed E-state index contributed by atoms with van der Waals surface area (Å²) < 4.78 is 47.8. The van der Waals surface area contributed by atoms with Gasteiger partial charge in [-0.3, -0.25) is 18.7 Å². The van der Waals surface area contributed by atoms with Crippen LogP contribution in [0.5, 0.6) is 0 Å². The number of carbonyl (C=O) groups excluding carboxylic acids is 2. The van der Waals surface area contributed by atoms with E-state index in [0.29, 0.717) is 25.9 Å². The lowest BCUT2D eigenvalue weighted by atomic mass is 10.0. The molecule has 1 unspecified atom stereocenters. The van der Waals surface area contributed by atoms with Crippen molar-refractivity contribution in [3.63, 3.8) is 0 Å². The Labute approximate surface area is 188 Å². The Hall–Kier alpha value is -2.40. The van der Waals surface area contributed by atoms with E-state index in [1.807, 2.05) is 0 Å². The van der Waals surface area contributed by atoms with E-state index < -0.39 is 31.6 Å². The van der Waals surface area contributed by atoms with Gasteiger partial charge in [0.05, 0.1) is 15.5 Å². The van der Waals surface area contributed by atoms with Crippen LogP contribution in [0.3, 0.4) is 0 Å². The molecule has 32 heavy (non-hydrogen) atoms. The third-order valence-corrected chi connectivity index (χ3v) is 10.0. The lowest BCUT2D eigenvalue weighted by molar-refractivity contribution is -0.127. The number of nitrogens with zero attached hydrogens (tertiary/aromatic N) is 1. The van der Waals surface area contributed by atoms with Crippen LogP contribution in [0.25, 0.3) is 0 Å². The number of hydrogen-bond donors (Lipinski definition) is 3. The standard InChI is InChI=1S/C22H26N2O6S2/c25-20-11-5-13-24(20)14-6-12-23-22(26)17-9-4-10-18-21(17)19(15-31(18,27)28)32(29,30)16-7-2-1-3-8-16/h1-4,7-10,19,27-28H,5-6,11-15H2,(H,23,26). The zero-order chi connectivity index (χ0) is 22.9. The average Bonchev–Trinajstić information content (AvgIpc) is 3.32. The summed E-state index contributed by atoms with van der Waals surface area (Å²) in [5.41, 5.74) is 0.283. The van der Waals surface area contributed by atoms with Gasteiger partial charge in [-0.05, 0) is 37.1 Å². The minimum atomic E-state index is -3.94. The van der Waals surface area contributed by atoms with Gasteiger partial charge in [-0.2, -0.15) is 10.6 Å². The summed E-state index contributed by atoms with van der Waals surface area (Å²) in [6.45, 7) is 1.60. The Balaban J connectivity index is 1.57. The van der Waals surface area contributed by atoms with Crippen LogP contribution in [0.4, 0.5) is 0 Å². The van der Waals surface area contributed by atoms with Crippen molar-refractivity contribution in [2.45, 2.75) is 34.3 Å². The van der Waals surface area contributed by atoms with Gasteiger partial charge in [0.25, 0.3) is 5.91 Å². The number of amides is 2. The molecule has 4 rings (SSSR count). The van der Waals surface area contributed by atoms with Crippen molar-refractivity contribution in [3.05, 3.63) is 59.7 Å². The molecular weight excluding hydrogens is 452 g/mol. The van der Waals surface area contributed by atoms with Gasteiger partial charge in [0.1, 0.15) is 5.25 Å². The molecule has 0 saturated carbocycles. The van der Waals surface area contributed by atoms with E-state index in [0.717, 1.165) is 13.0 Å². The Morgan fingerprint density at radius 3 is 2.56 bits per heavy atom. The van der Waals surface area contributed by atoms with Gasteiger partial charge in [-0.25, -0.2) is 8.42 Å². The Kier molecular flexibility index (Phi) is 6.30. The zero-order valence-electron chi connectivity index (χ0n) is 17.4. The van der Waals surface area contributed by atoms with Crippen molar-refractivity contribution in [1.82, 2.24) is 10.2 Å². The van der Waals surface area contributed by atoms with Gasteiger partial charge in [0.2, 0.25) is 5.91 Å². The summed E-state index contributed by atoms with van der Waals surface area (Å²) in [7, 11) is -7.29. The first-order valence-corrected chi connectivity index (χ1v) is 13.7. The summed E-state index contributed by atoms with van der Waals surface area (Å²) in [4.78, 5) is 26.6. The Morgan fingerprint density at radius 1 is 1.12 bits per heavy atom. The van der Waals surface area contributed by atoms with E-state index in [4.69, 9.17) is 0 Å². The van der Waals surface area contributed by atoms with E-state index in [1.54, 1.807) is 23.1 Å². The molecule has 1 saturated heterocycles. The minimum absolute atomic E-state index is 0.0681. The summed E-state index contributed by atoms with van der Waals surface area (Å²) in [5.74, 6) is -0.725. The van der Waals surface area contributed by atoms with E-state index >= 15 is 0 Å². The van der Waals surface area contributed by atoms with Crippen molar-refractivity contribution in [2.75, 3.05) is 25.4 Å². The first-order valence-electron chi connectivity index (χ1n) is 10.5. The molecule has 2 amide bonds. The number of sulfone groups is 1. The molecule has 2 aromatic carbocycles. The third kappa shape index (κ3) is 4.27. The molecule has 0 spiro atoms. The van der Waals surface area contributed by atoms with E-state index in [9.17, 15) is 27.1 Å². The van der Waals surface area contributed by atoms with E-state index in [-0.39, 0.29) is 32.6 Å². The van der Waals surface area contributed by atoms with Gasteiger partial charge in [-0.15, -0.1) is 0 Å². The van der Waals surface area contributed by atoms with Gasteiger partial charge in [-0.1, -0.05) is 24.3 Å². The highest BCUT2D eigenvalue weighted by atomic mass is 32.3. The largest absolute Gasteiger partial charge is 0.352 e. The molecule has 2 aliphatic rings. The quantitative estimate of drug-likeness (QED) is 0.526. The van der Waals surface area contributed by atoms with E-state index in [2.05, 4.69) is 5.32 Å². The molecule has 8 nitrogen and oxygen atoms in total. The second-order valence-corrected chi connectivity index (χ2v) is 12.2. The van der Waals surface area contributed by atoms with Gasteiger partial charge >= 0.3 is 0 Å². The summed E-state index contributed by atoms with van der Waals surface area (Å²) >= 11 is 0. The van der Waals surface area contributed by atoms with Crippen LogP contribution in [-0.2, 0) is 14.6 Å². The van der Waals surface area contributed by atoms with Crippen molar-refractivity contribution in [2.24, 2.45) is 0 Å². The highest BCUT2D eigenvalue weighted by molar-refractivity contribution is 8.25. The molecule has 172 valence electrons. The highest BCUT2D eigenvalue weighted by Crippen LogP contribution is 2.62. The molecule has 2 aliphatic heterocycles. The van der Waals surface area contributed by atoms with Crippen molar-refractivity contribution >= 4 is 32.2 Å². The van der Waals surface area contributed by atoms with Crippen LogP contribution >= 0.6 is 10.6 Å². The highest BCUT2D eigenvalue weighted by Gasteiger charge is 2.45. The Bertz CT molecular complexity index is 1130. The fourth-order valence-corrected chi connectivity index (χ4v) is 8.73. The second-order valence-electron chi connectivity index (χ2n) is 7.99. The summed E-state index contributed by atoms with van der Waals surface area (Å²) in [6.07, 6.45) is 1.99. The van der Waals surface area contributed by atoms with Crippen LogP contribution in [0, 0.1) is 0 Å². The smallest absolute Gasteiger partial charge is 0.251 e. The topological polar surface area (TPSA) is 124 Å². The number of rotatable bonds is 7. The maximum absolute atomic E-state index is 13.3. The molecule has 0 bridgehead atoms. The lowest BCUT2D eigenvalue weighted by Gasteiger charge is -2.27. The number of carbonyl (C=O) groups is 2. The number of nitrogens with one attached hydrogen (secondary N) is 1. The minimum Gasteiger partial charge on any atom is -0.352 e. The number of benzene rings is 2. The number of fused-ring (bicyclic) bond motifs is 1. The molecule has 3 N–H and O–H groups in total. The fourth-order valence-electron chi connectivity index (χ4n) is 4.27. The van der Waals surface area contributed by atoms with Crippen molar-refractivity contribution < 1.29 is 27.1 Å². The predicted octanol–water partition coefficient (Wildman–Crippen LogP) is 3.07. The maximum atomic E-state index is 13.3. The van der Waals surface area contributed by atoms with Crippen LogP contribution in [-0.4, -0.2) is 59.6 Å². The van der Waals surface area contributed by atoms with Crippen molar-refractivity contribution in [3.8, 4) is 0 Å². The maximum Gasteiger partial charge on any atom is 0.251 e. The molecule has 2 heterocycles. The summed E-state index contributed by atoms with van der Waals surface area (Å²) in [5, 5.41) is 1.55. The zero-order valence-corrected chi connectivity index (χ0v) is 19.1. The van der Waals surface area contributed by atoms with Crippen LogP contribution in [0.1, 0.15) is 40.4 Å². The normalized spacial score (nSPS) is 20.8. The van der Waals surface area contributed by atoms with Crippen LogP contribution < -0.4 is 5.32 Å². The van der Waals surface area contributed by atoms with Crippen molar-refractivity contribution in [1.29, 1.82) is 0 Å². The van der Waals surface area contributed by atoms with Gasteiger partial charge in [0.15, 0.2) is 9.84 Å². The van der Waals surface area contributed by atoms with Gasteiger partial charge < -0.3 is 10.2 Å². The molecule has 1 fully saturated rings. The molecule has 1 atom stereocenters. The number of hydrogen-bond acceptors (Lipinski definition) is 6. The molecule has 0 radical (unpaired) electrons. The predicted molar refractivity (Wildman–Crippen MR) is 122 cm³/mol. The second kappa shape index (κ2) is 8.86. The SMILES string of the molecule is O=C(NCCCN1CCCC1=O)c1cccc2c1C(S(=O)(=O)c1ccccc1)CS2(O)O. The molecule has 0 aromatic heterocycles. The Morgan fingerprint density at radius 2 is 1.88 bits per heavy atom. The first kappa shape index (κ1) is 22.8. The average molecular weight is 479 g/mol. The molecule has 2 aromatic rings.